The van der Waals surface area contributed by atoms with E-state index in [0.29, 0.717) is 23.5 Å². The minimum Gasteiger partial charge on any atom is -0.508 e. The Morgan fingerprint density at radius 3 is 2.45 bits per heavy atom. The molecule has 38 heavy (non-hydrogen) atoms. The monoisotopic (exact) mass is 553 g/mol. The largest absolute Gasteiger partial charge is 0.508 e. The zero-order valence-corrected chi connectivity index (χ0v) is 22.9. The average molecular weight is 554 g/mol. The topological polar surface area (TPSA) is 168 Å². The molecule has 13 heteroatoms. The predicted molar refractivity (Wildman–Crippen MR) is 139 cm³/mol. The van der Waals surface area contributed by atoms with Crippen molar-refractivity contribution in [3.63, 3.8) is 0 Å². The van der Waals surface area contributed by atoms with Crippen molar-refractivity contribution in [3.8, 4) is 17.1 Å². The Labute approximate surface area is 221 Å². The SMILES string of the molecule is CCCCC[C@@H](C(=O)NCNC(=O)c1ccc(-c2cc(O)cc(P(=O)(OC)OC)c2)o1)[C@@H](CC)N(O)C=O. The molecule has 0 fully saturated rings. The van der Waals surface area contributed by atoms with E-state index in [2.05, 4.69) is 10.6 Å². The molecule has 2 rings (SSSR count). The lowest BCUT2D eigenvalue weighted by Crippen LogP contribution is -2.47. The summed E-state index contributed by atoms with van der Waals surface area (Å²) in [6, 6.07) is 6.30. The zero-order chi connectivity index (χ0) is 28.3. The Kier molecular flexibility index (Phi) is 12.0. The van der Waals surface area contributed by atoms with Gasteiger partial charge in [-0.2, -0.15) is 0 Å². The molecule has 2 atom stereocenters. The van der Waals surface area contributed by atoms with Crippen LogP contribution in [0.4, 0.5) is 0 Å². The highest BCUT2D eigenvalue weighted by atomic mass is 31.2. The van der Waals surface area contributed by atoms with E-state index in [1.807, 2.05) is 6.92 Å². The Bertz CT molecular complexity index is 1130. The first-order valence-electron chi connectivity index (χ1n) is 12.3. The van der Waals surface area contributed by atoms with E-state index in [9.17, 15) is 29.3 Å². The molecular formula is C25H36N3O9P. The van der Waals surface area contributed by atoms with Crippen LogP contribution in [0.5, 0.6) is 5.75 Å². The lowest BCUT2D eigenvalue weighted by molar-refractivity contribution is -0.168. The van der Waals surface area contributed by atoms with Gasteiger partial charge in [-0.3, -0.25) is 24.2 Å². The second-order valence-corrected chi connectivity index (χ2v) is 10.8. The molecule has 0 saturated heterocycles. The first-order chi connectivity index (χ1) is 18.1. The summed E-state index contributed by atoms with van der Waals surface area (Å²) in [4.78, 5) is 36.5. The molecule has 12 nitrogen and oxygen atoms in total. The molecule has 210 valence electrons. The molecule has 0 unspecified atom stereocenters. The van der Waals surface area contributed by atoms with E-state index in [0.717, 1.165) is 19.3 Å². The van der Waals surface area contributed by atoms with Gasteiger partial charge in [0.1, 0.15) is 11.5 Å². The number of carbonyl (C=O) groups excluding carboxylic acids is 3. The summed E-state index contributed by atoms with van der Waals surface area (Å²) in [5.74, 6) is -1.70. The fourth-order valence-electron chi connectivity index (χ4n) is 4.07. The number of nitrogens with one attached hydrogen (secondary N) is 2. The van der Waals surface area contributed by atoms with Gasteiger partial charge in [0.25, 0.3) is 5.91 Å². The van der Waals surface area contributed by atoms with Crippen molar-refractivity contribution in [2.75, 3.05) is 20.9 Å². The number of furan rings is 1. The van der Waals surface area contributed by atoms with E-state index < -0.39 is 31.4 Å². The van der Waals surface area contributed by atoms with Crippen molar-refractivity contribution < 1.29 is 42.7 Å². The number of amides is 3. The highest BCUT2D eigenvalue weighted by molar-refractivity contribution is 7.62. The fraction of sp³-hybridized carbons (Fsp3) is 0.480. The average Bonchev–Trinajstić information content (AvgIpc) is 3.42. The van der Waals surface area contributed by atoms with Crippen molar-refractivity contribution in [1.82, 2.24) is 15.7 Å². The van der Waals surface area contributed by atoms with Gasteiger partial charge in [-0.25, -0.2) is 5.06 Å². The predicted octanol–water partition coefficient (Wildman–Crippen LogP) is 3.39. The van der Waals surface area contributed by atoms with Crippen LogP contribution < -0.4 is 15.9 Å². The van der Waals surface area contributed by atoms with E-state index in [4.69, 9.17) is 13.5 Å². The Hall–Kier alpha value is -3.18. The number of carbonyl (C=O) groups is 3. The maximum Gasteiger partial charge on any atom is 0.360 e. The maximum absolute atomic E-state index is 12.9. The number of hydrogen-bond acceptors (Lipinski definition) is 9. The summed E-state index contributed by atoms with van der Waals surface area (Å²) in [6.07, 6.45) is 3.74. The highest BCUT2D eigenvalue weighted by Crippen LogP contribution is 2.46. The summed E-state index contributed by atoms with van der Waals surface area (Å²) < 4.78 is 28.2. The summed E-state index contributed by atoms with van der Waals surface area (Å²) in [7, 11) is -1.19. The van der Waals surface area contributed by atoms with Crippen molar-refractivity contribution in [2.45, 2.75) is 52.0 Å². The van der Waals surface area contributed by atoms with E-state index in [1.54, 1.807) is 6.92 Å². The third kappa shape index (κ3) is 7.91. The first kappa shape index (κ1) is 31.0. The van der Waals surface area contributed by atoms with Crippen molar-refractivity contribution in [2.24, 2.45) is 5.92 Å². The molecule has 1 aromatic carbocycles. The molecule has 4 N–H and O–H groups in total. The zero-order valence-electron chi connectivity index (χ0n) is 22.0. The molecule has 0 aliphatic heterocycles. The number of phenolic OH excluding ortho intramolecular Hbond substituents is 1. The van der Waals surface area contributed by atoms with E-state index in [-0.39, 0.29) is 35.7 Å². The van der Waals surface area contributed by atoms with Gasteiger partial charge in [0, 0.05) is 19.8 Å². The Balaban J connectivity index is 2.08. The molecule has 2 aromatic rings. The van der Waals surface area contributed by atoms with E-state index in [1.165, 1.54) is 44.6 Å². The number of hydroxylamine groups is 2. The van der Waals surface area contributed by atoms with Crippen LogP contribution in [0.1, 0.15) is 56.5 Å². The van der Waals surface area contributed by atoms with Crippen LogP contribution in [-0.4, -0.2) is 60.5 Å². The summed E-state index contributed by atoms with van der Waals surface area (Å²) in [5, 5.41) is 25.8. The first-order valence-corrected chi connectivity index (χ1v) is 13.8. The molecule has 0 aliphatic rings. The molecule has 0 aliphatic carbocycles. The number of unbranched alkanes of at least 4 members (excludes halogenated alkanes) is 2. The lowest BCUT2D eigenvalue weighted by Gasteiger charge is -2.29. The van der Waals surface area contributed by atoms with Crippen LogP contribution in [0.2, 0.25) is 0 Å². The molecule has 1 aromatic heterocycles. The summed E-state index contributed by atoms with van der Waals surface area (Å²) in [6.45, 7) is 3.59. The summed E-state index contributed by atoms with van der Waals surface area (Å²) >= 11 is 0. The minimum atomic E-state index is -3.64. The standard InChI is InChI=1S/C25H36N3O9P/c1-5-7-8-9-20(21(6-2)28(33)16-29)24(31)26-15-27-25(32)23-11-10-22(37-23)17-12-18(30)14-19(13-17)38(34,35-3)36-4/h10-14,16,20-21,30,33H,5-9,15H2,1-4H3,(H,26,31)(H,27,32)/t20-,21-/m1/s1. The molecule has 3 amide bonds. The van der Waals surface area contributed by atoms with Gasteiger partial charge in [-0.15, -0.1) is 0 Å². The van der Waals surface area contributed by atoms with Crippen LogP contribution in [0.25, 0.3) is 11.3 Å². The van der Waals surface area contributed by atoms with Crippen LogP contribution in [0.15, 0.2) is 34.7 Å². The quantitative estimate of drug-likeness (QED) is 0.0608. The van der Waals surface area contributed by atoms with Gasteiger partial charge in [0.15, 0.2) is 5.76 Å². The van der Waals surface area contributed by atoms with Gasteiger partial charge >= 0.3 is 7.60 Å². The number of rotatable bonds is 16. The lowest BCUT2D eigenvalue weighted by atomic mass is 9.90. The van der Waals surface area contributed by atoms with Crippen molar-refractivity contribution in [1.29, 1.82) is 0 Å². The van der Waals surface area contributed by atoms with Gasteiger partial charge in [-0.1, -0.05) is 33.1 Å². The summed E-state index contributed by atoms with van der Waals surface area (Å²) in [5.41, 5.74) is 0.339. The molecule has 0 spiro atoms. The molecule has 1 heterocycles. The van der Waals surface area contributed by atoms with Crippen molar-refractivity contribution >= 4 is 31.1 Å². The van der Waals surface area contributed by atoms with Crippen molar-refractivity contribution in [3.05, 3.63) is 36.1 Å². The van der Waals surface area contributed by atoms with Gasteiger partial charge in [0.05, 0.1) is 23.9 Å². The fourth-order valence-corrected chi connectivity index (χ4v) is 5.23. The Morgan fingerprint density at radius 1 is 1.13 bits per heavy atom. The number of benzene rings is 1. The molecule has 0 bridgehead atoms. The third-order valence-corrected chi connectivity index (χ3v) is 7.96. The van der Waals surface area contributed by atoms with Crippen LogP contribution in [0, 0.1) is 5.92 Å². The second kappa shape index (κ2) is 14.7. The molecule has 0 radical (unpaired) electrons. The van der Waals surface area contributed by atoms with E-state index >= 15 is 0 Å². The van der Waals surface area contributed by atoms with Gasteiger partial charge in [0.2, 0.25) is 12.3 Å². The van der Waals surface area contributed by atoms with Gasteiger partial charge in [-0.05, 0) is 43.2 Å². The molecular weight excluding hydrogens is 517 g/mol. The maximum atomic E-state index is 12.9. The molecule has 0 saturated carbocycles. The number of nitrogens with zero attached hydrogens (tertiary/aromatic N) is 1. The van der Waals surface area contributed by atoms with Crippen LogP contribution in [-0.2, 0) is 23.2 Å². The number of phenols is 1. The second-order valence-electron chi connectivity index (χ2n) is 8.55. The minimum absolute atomic E-state index is 0.0609. The van der Waals surface area contributed by atoms with Crippen LogP contribution >= 0.6 is 7.60 Å². The number of aromatic hydroxyl groups is 1. The smallest absolute Gasteiger partial charge is 0.360 e. The normalized spacial score (nSPS) is 13.0. The van der Waals surface area contributed by atoms with Gasteiger partial charge < -0.3 is 29.2 Å². The Morgan fingerprint density at radius 2 is 1.84 bits per heavy atom. The third-order valence-electron chi connectivity index (χ3n) is 6.11. The number of hydrogen-bond donors (Lipinski definition) is 4. The van der Waals surface area contributed by atoms with Crippen LogP contribution in [0.3, 0.4) is 0 Å². The highest BCUT2D eigenvalue weighted by Gasteiger charge is 2.31.